The average Bonchev–Trinajstić information content (AvgIpc) is 2.74. The van der Waals surface area contributed by atoms with E-state index in [4.69, 9.17) is 5.73 Å². The Morgan fingerprint density at radius 1 is 1.33 bits per heavy atom. The van der Waals surface area contributed by atoms with Crippen molar-refractivity contribution < 1.29 is 0 Å². The zero-order valence-electron chi connectivity index (χ0n) is 10.2. The molecule has 1 saturated carbocycles. The second-order valence-electron chi connectivity index (χ2n) is 5.87. The normalized spacial score (nSPS) is 31.8. The van der Waals surface area contributed by atoms with Crippen molar-refractivity contribution in [3.8, 4) is 0 Å². The fourth-order valence-electron chi connectivity index (χ4n) is 2.14. The molecule has 1 unspecified atom stereocenters. The molecular weight excluding hydrogens is 186 g/mol. The lowest BCUT2D eigenvalue weighted by Crippen LogP contribution is -2.42. The summed E-state index contributed by atoms with van der Waals surface area (Å²) >= 11 is 0. The summed E-state index contributed by atoms with van der Waals surface area (Å²) in [5.74, 6) is 1.63. The fraction of sp³-hybridized carbons (Fsp3) is 0.917. The highest BCUT2D eigenvalue weighted by molar-refractivity contribution is 5.78. The molecule has 0 aromatic rings. The van der Waals surface area contributed by atoms with Crippen LogP contribution in [-0.2, 0) is 0 Å². The van der Waals surface area contributed by atoms with Gasteiger partial charge >= 0.3 is 0 Å². The van der Waals surface area contributed by atoms with Gasteiger partial charge in [-0.2, -0.15) is 0 Å². The first kappa shape index (κ1) is 10.8. The van der Waals surface area contributed by atoms with E-state index < -0.39 is 0 Å². The van der Waals surface area contributed by atoms with Crippen molar-refractivity contribution in [2.75, 3.05) is 13.1 Å². The first-order valence-corrected chi connectivity index (χ1v) is 6.07. The number of hydrogen-bond donors (Lipinski definition) is 1. The Balaban J connectivity index is 1.88. The quantitative estimate of drug-likeness (QED) is 0.529. The van der Waals surface area contributed by atoms with Crippen LogP contribution in [0.5, 0.6) is 0 Å². The molecule has 0 amide bonds. The van der Waals surface area contributed by atoms with E-state index in [1.807, 2.05) is 0 Å². The first-order valence-electron chi connectivity index (χ1n) is 6.07. The number of piperidine rings is 1. The Morgan fingerprint density at radius 3 is 2.33 bits per heavy atom. The standard InChI is InChI=1S/C12H23N3/c1-9-4-6-15(7-5-9)11(13)14-10-8-12(10,2)3/h9-10H,4-8H2,1-3H3,(H2,13,14). The number of nitrogens with two attached hydrogens (primary N) is 1. The van der Waals surface area contributed by atoms with E-state index in [0.717, 1.165) is 25.0 Å². The predicted octanol–water partition coefficient (Wildman–Crippen LogP) is 1.83. The van der Waals surface area contributed by atoms with E-state index in [0.29, 0.717) is 11.5 Å². The molecule has 0 aromatic heterocycles. The fourth-order valence-corrected chi connectivity index (χ4v) is 2.14. The lowest BCUT2D eigenvalue weighted by atomic mass is 10.00. The largest absolute Gasteiger partial charge is 0.370 e. The lowest BCUT2D eigenvalue weighted by Gasteiger charge is -2.31. The second-order valence-corrected chi connectivity index (χ2v) is 5.87. The summed E-state index contributed by atoms with van der Waals surface area (Å²) in [5, 5.41) is 0. The molecule has 86 valence electrons. The van der Waals surface area contributed by atoms with Gasteiger partial charge in [0, 0.05) is 13.1 Å². The maximum Gasteiger partial charge on any atom is 0.191 e. The molecular formula is C12H23N3. The summed E-state index contributed by atoms with van der Waals surface area (Å²) < 4.78 is 0. The van der Waals surface area contributed by atoms with Crippen molar-refractivity contribution in [2.24, 2.45) is 22.1 Å². The zero-order valence-corrected chi connectivity index (χ0v) is 10.2. The van der Waals surface area contributed by atoms with Gasteiger partial charge in [0.1, 0.15) is 0 Å². The molecule has 2 aliphatic rings. The SMILES string of the molecule is CC1CCN(C(N)=NC2CC2(C)C)CC1. The molecule has 3 nitrogen and oxygen atoms in total. The third kappa shape index (κ3) is 2.44. The summed E-state index contributed by atoms with van der Waals surface area (Å²) in [6.07, 6.45) is 3.70. The number of aliphatic imine (C=N–C) groups is 1. The minimum absolute atomic E-state index is 0.397. The molecule has 3 heteroatoms. The van der Waals surface area contributed by atoms with E-state index in [9.17, 15) is 0 Å². The van der Waals surface area contributed by atoms with Crippen molar-refractivity contribution >= 4 is 5.96 Å². The van der Waals surface area contributed by atoms with Crippen LogP contribution in [0.25, 0.3) is 0 Å². The molecule has 0 radical (unpaired) electrons. The molecule has 1 atom stereocenters. The lowest BCUT2D eigenvalue weighted by molar-refractivity contribution is 0.277. The Bertz CT molecular complexity index is 262. The van der Waals surface area contributed by atoms with Crippen molar-refractivity contribution in [2.45, 2.75) is 46.1 Å². The van der Waals surface area contributed by atoms with Gasteiger partial charge in [0.2, 0.25) is 0 Å². The molecule has 1 aliphatic carbocycles. The van der Waals surface area contributed by atoms with Crippen molar-refractivity contribution in [1.82, 2.24) is 4.90 Å². The molecule has 0 aromatic carbocycles. The van der Waals surface area contributed by atoms with Crippen LogP contribution in [0.2, 0.25) is 0 Å². The van der Waals surface area contributed by atoms with Gasteiger partial charge < -0.3 is 10.6 Å². The van der Waals surface area contributed by atoms with Gasteiger partial charge in [-0.05, 0) is 30.6 Å². The highest BCUT2D eigenvalue weighted by Gasteiger charge is 2.46. The van der Waals surface area contributed by atoms with Gasteiger partial charge in [-0.3, -0.25) is 0 Å². The Hall–Kier alpha value is -0.730. The van der Waals surface area contributed by atoms with E-state index in [-0.39, 0.29) is 0 Å². The number of rotatable bonds is 1. The van der Waals surface area contributed by atoms with Gasteiger partial charge in [0.25, 0.3) is 0 Å². The minimum Gasteiger partial charge on any atom is -0.370 e. The van der Waals surface area contributed by atoms with Gasteiger partial charge in [-0.15, -0.1) is 0 Å². The van der Waals surface area contributed by atoms with Crippen molar-refractivity contribution in [3.63, 3.8) is 0 Å². The summed E-state index contributed by atoms with van der Waals surface area (Å²) in [7, 11) is 0. The number of nitrogens with zero attached hydrogens (tertiary/aromatic N) is 2. The molecule has 2 fully saturated rings. The molecule has 1 heterocycles. The average molecular weight is 209 g/mol. The van der Waals surface area contributed by atoms with Crippen LogP contribution in [0.15, 0.2) is 4.99 Å². The highest BCUT2D eigenvalue weighted by atomic mass is 15.3. The van der Waals surface area contributed by atoms with Crippen molar-refractivity contribution in [1.29, 1.82) is 0 Å². The third-order valence-corrected chi connectivity index (χ3v) is 3.86. The molecule has 1 saturated heterocycles. The number of guanidine groups is 1. The van der Waals surface area contributed by atoms with Crippen LogP contribution in [0.4, 0.5) is 0 Å². The van der Waals surface area contributed by atoms with Crippen LogP contribution in [0, 0.1) is 11.3 Å². The Morgan fingerprint density at radius 2 is 1.87 bits per heavy atom. The van der Waals surface area contributed by atoms with Crippen LogP contribution in [-0.4, -0.2) is 30.0 Å². The molecule has 1 aliphatic heterocycles. The topological polar surface area (TPSA) is 41.6 Å². The van der Waals surface area contributed by atoms with E-state index in [1.165, 1.54) is 19.3 Å². The van der Waals surface area contributed by atoms with Gasteiger partial charge in [0.05, 0.1) is 6.04 Å². The monoisotopic (exact) mass is 209 g/mol. The predicted molar refractivity (Wildman–Crippen MR) is 63.8 cm³/mol. The van der Waals surface area contributed by atoms with Crippen LogP contribution < -0.4 is 5.73 Å². The zero-order chi connectivity index (χ0) is 11.1. The first-order chi connectivity index (χ1) is 6.99. The van der Waals surface area contributed by atoms with E-state index >= 15 is 0 Å². The van der Waals surface area contributed by atoms with Gasteiger partial charge in [-0.25, -0.2) is 4.99 Å². The van der Waals surface area contributed by atoms with Gasteiger partial charge in [-0.1, -0.05) is 20.8 Å². The van der Waals surface area contributed by atoms with E-state index in [1.54, 1.807) is 0 Å². The highest BCUT2D eigenvalue weighted by Crippen LogP contribution is 2.47. The maximum atomic E-state index is 6.03. The summed E-state index contributed by atoms with van der Waals surface area (Å²) in [4.78, 5) is 6.85. The second kappa shape index (κ2) is 3.69. The number of hydrogen-bond acceptors (Lipinski definition) is 1. The van der Waals surface area contributed by atoms with Crippen LogP contribution in [0.1, 0.15) is 40.0 Å². The number of likely N-dealkylation sites (tertiary alicyclic amines) is 1. The molecule has 15 heavy (non-hydrogen) atoms. The summed E-state index contributed by atoms with van der Waals surface area (Å²) in [6, 6.07) is 0.469. The molecule has 2 N–H and O–H groups in total. The summed E-state index contributed by atoms with van der Waals surface area (Å²) in [6.45, 7) is 9.00. The van der Waals surface area contributed by atoms with Crippen molar-refractivity contribution in [3.05, 3.63) is 0 Å². The Labute approximate surface area is 92.7 Å². The molecule has 0 spiro atoms. The minimum atomic E-state index is 0.397. The Kier molecular flexibility index (Phi) is 2.65. The van der Waals surface area contributed by atoms with E-state index in [2.05, 4.69) is 30.7 Å². The maximum absolute atomic E-state index is 6.03. The summed E-state index contributed by atoms with van der Waals surface area (Å²) in [5.41, 5.74) is 6.43. The smallest absolute Gasteiger partial charge is 0.191 e. The molecule has 2 rings (SSSR count). The van der Waals surface area contributed by atoms with Crippen LogP contribution >= 0.6 is 0 Å². The molecule has 0 bridgehead atoms. The van der Waals surface area contributed by atoms with Crippen LogP contribution in [0.3, 0.4) is 0 Å². The van der Waals surface area contributed by atoms with Gasteiger partial charge in [0.15, 0.2) is 5.96 Å². The third-order valence-electron chi connectivity index (χ3n) is 3.86.